The number of amides is 1. The Balaban J connectivity index is 1.65. The van der Waals surface area contributed by atoms with Gasteiger partial charge in [-0.15, -0.1) is 0 Å². The van der Waals surface area contributed by atoms with Crippen molar-refractivity contribution in [1.82, 2.24) is 4.98 Å². The zero-order valence-corrected chi connectivity index (χ0v) is 15.0. The number of rotatable bonds is 6. The van der Waals surface area contributed by atoms with Crippen LogP contribution >= 0.6 is 11.6 Å². The second-order valence-corrected chi connectivity index (χ2v) is 6.01. The van der Waals surface area contributed by atoms with Gasteiger partial charge in [0.25, 0.3) is 5.91 Å². The highest BCUT2D eigenvalue weighted by Crippen LogP contribution is 2.21. The van der Waals surface area contributed by atoms with Crippen molar-refractivity contribution in [3.63, 3.8) is 0 Å². The fraction of sp³-hybridized carbons (Fsp3) is 0.100. The van der Waals surface area contributed by atoms with E-state index in [2.05, 4.69) is 15.6 Å². The van der Waals surface area contributed by atoms with Gasteiger partial charge in [0.15, 0.2) is 0 Å². The summed E-state index contributed by atoms with van der Waals surface area (Å²) in [5, 5.41) is 6.54. The van der Waals surface area contributed by atoms with Crippen molar-refractivity contribution in [2.45, 2.75) is 6.54 Å². The molecular weight excluding hydrogens is 350 g/mol. The number of nitrogens with zero attached hydrogens (tertiary/aromatic N) is 1. The lowest BCUT2D eigenvalue weighted by molar-refractivity contribution is 0.102. The van der Waals surface area contributed by atoms with Gasteiger partial charge >= 0.3 is 0 Å². The molecule has 132 valence electrons. The van der Waals surface area contributed by atoms with Crippen LogP contribution in [0.25, 0.3) is 0 Å². The SMILES string of the molecule is COc1ccc(CNc2cncc(C(=O)Nc3ccccc3Cl)c2)cc1. The van der Waals surface area contributed by atoms with Crippen LogP contribution in [0.3, 0.4) is 0 Å². The number of halogens is 1. The summed E-state index contributed by atoms with van der Waals surface area (Å²) in [6.07, 6.45) is 3.19. The molecule has 0 fully saturated rings. The largest absolute Gasteiger partial charge is 0.497 e. The van der Waals surface area contributed by atoms with Gasteiger partial charge in [-0.1, -0.05) is 35.9 Å². The molecule has 0 saturated heterocycles. The van der Waals surface area contributed by atoms with Crippen LogP contribution in [0.15, 0.2) is 67.0 Å². The predicted molar refractivity (Wildman–Crippen MR) is 104 cm³/mol. The normalized spacial score (nSPS) is 10.2. The zero-order chi connectivity index (χ0) is 18.4. The van der Waals surface area contributed by atoms with E-state index in [9.17, 15) is 4.79 Å². The third kappa shape index (κ3) is 4.52. The first kappa shape index (κ1) is 17.8. The monoisotopic (exact) mass is 367 g/mol. The molecule has 2 N–H and O–H groups in total. The standard InChI is InChI=1S/C20H18ClN3O2/c1-26-17-8-6-14(7-9-17)11-23-16-10-15(12-22-13-16)20(25)24-19-5-3-2-4-18(19)21/h2-10,12-13,23H,11H2,1H3,(H,24,25). The van der Waals surface area contributed by atoms with Crippen molar-refractivity contribution in [2.24, 2.45) is 0 Å². The Morgan fingerprint density at radius 1 is 1.12 bits per heavy atom. The number of ether oxygens (including phenoxy) is 1. The highest BCUT2D eigenvalue weighted by molar-refractivity contribution is 6.33. The Bertz CT molecular complexity index is 898. The molecule has 3 aromatic rings. The molecule has 0 aliphatic heterocycles. The van der Waals surface area contributed by atoms with Gasteiger partial charge in [-0.05, 0) is 35.9 Å². The number of methoxy groups -OCH3 is 1. The Hall–Kier alpha value is -3.05. The van der Waals surface area contributed by atoms with E-state index < -0.39 is 0 Å². The first-order valence-electron chi connectivity index (χ1n) is 8.03. The van der Waals surface area contributed by atoms with Crippen molar-refractivity contribution in [3.8, 4) is 5.75 Å². The zero-order valence-electron chi connectivity index (χ0n) is 14.2. The molecule has 0 aliphatic rings. The van der Waals surface area contributed by atoms with Crippen LogP contribution in [0, 0.1) is 0 Å². The number of hydrogen-bond donors (Lipinski definition) is 2. The molecule has 26 heavy (non-hydrogen) atoms. The number of anilines is 2. The number of para-hydroxylation sites is 1. The molecule has 1 heterocycles. The van der Waals surface area contributed by atoms with Gasteiger partial charge in [0, 0.05) is 18.9 Å². The highest BCUT2D eigenvalue weighted by atomic mass is 35.5. The van der Waals surface area contributed by atoms with Crippen molar-refractivity contribution in [3.05, 3.63) is 83.1 Å². The Morgan fingerprint density at radius 2 is 1.88 bits per heavy atom. The predicted octanol–water partition coefficient (Wildman–Crippen LogP) is 4.61. The van der Waals surface area contributed by atoms with Gasteiger partial charge in [0.1, 0.15) is 5.75 Å². The maximum absolute atomic E-state index is 12.4. The third-order valence-electron chi connectivity index (χ3n) is 3.78. The summed E-state index contributed by atoms with van der Waals surface area (Å²) in [6.45, 7) is 0.612. The molecule has 3 rings (SSSR count). The van der Waals surface area contributed by atoms with Gasteiger partial charge in [-0.3, -0.25) is 9.78 Å². The molecule has 0 spiro atoms. The molecule has 0 bridgehead atoms. The van der Waals surface area contributed by atoms with E-state index in [1.807, 2.05) is 36.4 Å². The summed E-state index contributed by atoms with van der Waals surface area (Å²) in [6, 6.07) is 16.6. The van der Waals surface area contributed by atoms with Gasteiger partial charge in [-0.2, -0.15) is 0 Å². The molecule has 6 heteroatoms. The van der Waals surface area contributed by atoms with Crippen molar-refractivity contribution >= 4 is 28.9 Å². The van der Waals surface area contributed by atoms with Crippen LogP contribution in [0.5, 0.6) is 5.75 Å². The third-order valence-corrected chi connectivity index (χ3v) is 4.11. The molecule has 0 saturated carbocycles. The van der Waals surface area contributed by atoms with Crippen molar-refractivity contribution in [2.75, 3.05) is 17.7 Å². The summed E-state index contributed by atoms with van der Waals surface area (Å²) in [7, 11) is 1.64. The van der Waals surface area contributed by atoms with E-state index in [0.29, 0.717) is 22.8 Å². The van der Waals surface area contributed by atoms with Crippen LogP contribution in [-0.2, 0) is 6.54 Å². The Morgan fingerprint density at radius 3 is 2.62 bits per heavy atom. The maximum Gasteiger partial charge on any atom is 0.257 e. The van der Waals surface area contributed by atoms with Crippen LogP contribution < -0.4 is 15.4 Å². The smallest absolute Gasteiger partial charge is 0.257 e. The van der Waals surface area contributed by atoms with Gasteiger partial charge in [0.2, 0.25) is 0 Å². The lowest BCUT2D eigenvalue weighted by atomic mass is 10.2. The van der Waals surface area contributed by atoms with Crippen molar-refractivity contribution in [1.29, 1.82) is 0 Å². The van der Waals surface area contributed by atoms with Crippen LogP contribution in [0.2, 0.25) is 5.02 Å². The van der Waals surface area contributed by atoms with E-state index in [0.717, 1.165) is 17.0 Å². The Labute approximate surface area is 157 Å². The second-order valence-electron chi connectivity index (χ2n) is 5.60. The number of aromatic nitrogens is 1. The van der Waals surface area contributed by atoms with Crippen LogP contribution in [0.1, 0.15) is 15.9 Å². The average Bonchev–Trinajstić information content (AvgIpc) is 2.69. The number of benzene rings is 2. The maximum atomic E-state index is 12.4. The summed E-state index contributed by atoms with van der Waals surface area (Å²) in [5.74, 6) is 0.548. The minimum atomic E-state index is -0.265. The molecule has 1 amide bonds. The molecule has 2 aromatic carbocycles. The number of carbonyl (C=O) groups is 1. The minimum Gasteiger partial charge on any atom is -0.497 e. The number of pyridine rings is 1. The molecule has 0 unspecified atom stereocenters. The topological polar surface area (TPSA) is 63.2 Å². The summed E-state index contributed by atoms with van der Waals surface area (Å²) in [5.41, 5.74) is 2.87. The van der Waals surface area contributed by atoms with E-state index >= 15 is 0 Å². The van der Waals surface area contributed by atoms with E-state index in [1.54, 1.807) is 31.5 Å². The Kier molecular flexibility index (Phi) is 5.71. The second kappa shape index (κ2) is 8.36. The lowest BCUT2D eigenvalue weighted by Crippen LogP contribution is -2.13. The summed E-state index contributed by atoms with van der Waals surface area (Å²) < 4.78 is 5.15. The lowest BCUT2D eigenvalue weighted by Gasteiger charge is -2.10. The highest BCUT2D eigenvalue weighted by Gasteiger charge is 2.09. The quantitative estimate of drug-likeness (QED) is 0.668. The fourth-order valence-electron chi connectivity index (χ4n) is 2.37. The van der Waals surface area contributed by atoms with Crippen molar-refractivity contribution < 1.29 is 9.53 Å². The number of carbonyl (C=O) groups excluding carboxylic acids is 1. The molecule has 1 aromatic heterocycles. The summed E-state index contributed by atoms with van der Waals surface area (Å²) >= 11 is 6.07. The minimum absolute atomic E-state index is 0.265. The molecule has 0 atom stereocenters. The van der Waals surface area contributed by atoms with E-state index in [1.165, 1.54) is 6.20 Å². The van der Waals surface area contributed by atoms with E-state index in [4.69, 9.17) is 16.3 Å². The number of hydrogen-bond acceptors (Lipinski definition) is 4. The molecule has 0 radical (unpaired) electrons. The molecular formula is C20H18ClN3O2. The van der Waals surface area contributed by atoms with Gasteiger partial charge < -0.3 is 15.4 Å². The van der Waals surface area contributed by atoms with Crippen LogP contribution in [-0.4, -0.2) is 18.0 Å². The fourth-order valence-corrected chi connectivity index (χ4v) is 2.55. The van der Waals surface area contributed by atoms with Gasteiger partial charge in [-0.25, -0.2) is 0 Å². The number of nitrogens with one attached hydrogen (secondary N) is 2. The molecule has 5 nitrogen and oxygen atoms in total. The van der Waals surface area contributed by atoms with E-state index in [-0.39, 0.29) is 5.91 Å². The molecule has 0 aliphatic carbocycles. The average molecular weight is 368 g/mol. The van der Waals surface area contributed by atoms with Crippen LogP contribution in [0.4, 0.5) is 11.4 Å². The summed E-state index contributed by atoms with van der Waals surface area (Å²) in [4.78, 5) is 16.5. The van der Waals surface area contributed by atoms with Gasteiger partial charge in [0.05, 0.1) is 29.1 Å². The first-order chi connectivity index (χ1) is 12.7. The first-order valence-corrected chi connectivity index (χ1v) is 8.41.